The molecule has 0 amide bonds. The topological polar surface area (TPSA) is 0 Å². The first-order valence-corrected chi connectivity index (χ1v) is 22.2. The van der Waals surface area contributed by atoms with E-state index in [2.05, 4.69) is 39.8 Å². The van der Waals surface area contributed by atoms with Crippen LogP contribution in [0.1, 0.15) is 255 Å². The average molecular weight is 652 g/mol. The van der Waals surface area contributed by atoms with Crippen LogP contribution in [0.5, 0.6) is 0 Å². The smallest absolute Gasteiger partial charge is 0.0273 e. The van der Waals surface area contributed by atoms with Crippen molar-refractivity contribution in [2.75, 3.05) is 0 Å². The molecule has 0 bridgehead atoms. The van der Waals surface area contributed by atoms with Crippen LogP contribution in [-0.4, -0.2) is 0 Å². The van der Waals surface area contributed by atoms with Crippen LogP contribution in [0, 0.1) is 6.92 Å². The van der Waals surface area contributed by atoms with Crippen molar-refractivity contribution in [3.8, 4) is 0 Å². The number of unbranched alkanes of at least 4 members (excludes halogenated alkanes) is 30. The second kappa shape index (κ2) is 35.1. The van der Waals surface area contributed by atoms with Gasteiger partial charge in [0.2, 0.25) is 0 Å². The summed E-state index contributed by atoms with van der Waals surface area (Å²) in [5.41, 5.74) is 6.65. The van der Waals surface area contributed by atoms with Crippen molar-refractivity contribution in [1.29, 1.82) is 0 Å². The van der Waals surface area contributed by atoms with Crippen LogP contribution in [0.2, 0.25) is 0 Å². The van der Waals surface area contributed by atoms with E-state index in [9.17, 15) is 0 Å². The molecule has 0 heterocycles. The second-order valence-electron chi connectivity index (χ2n) is 15.5. The molecule has 1 radical (unpaired) electrons. The third kappa shape index (κ3) is 26.7. The average Bonchev–Trinajstić information content (AvgIpc) is 3.09. The van der Waals surface area contributed by atoms with E-state index in [1.165, 1.54) is 237 Å². The number of aryl methyl sites for hydroxylation is 2. The molecule has 0 aliphatic rings. The van der Waals surface area contributed by atoms with Gasteiger partial charge in [-0.2, -0.15) is 0 Å². The summed E-state index contributed by atoms with van der Waals surface area (Å²) in [4.78, 5) is 0. The predicted octanol–water partition coefficient (Wildman–Crippen LogP) is 16.6. The number of hydrogen-bond acceptors (Lipinski definition) is 0. The Labute approximate surface area is 298 Å². The van der Waals surface area contributed by atoms with Gasteiger partial charge in [-0.1, -0.05) is 226 Å². The van der Waals surface area contributed by atoms with Crippen molar-refractivity contribution < 1.29 is 0 Å². The fraction of sp³-hybridized carbons (Fsp3) is 0.851. The lowest BCUT2D eigenvalue weighted by atomic mass is 9.87. The third-order valence-corrected chi connectivity index (χ3v) is 10.9. The Bertz CT molecular complexity index is 712. The molecule has 0 heteroatoms. The minimum Gasteiger partial charge on any atom is -0.0654 e. The lowest BCUT2D eigenvalue weighted by molar-refractivity contribution is 0.545. The van der Waals surface area contributed by atoms with E-state index in [0.29, 0.717) is 0 Å². The Morgan fingerprint density at radius 2 is 0.553 bits per heavy atom. The molecule has 1 aromatic carbocycles. The minimum absolute atomic E-state index is 0.940. The van der Waals surface area contributed by atoms with Crippen molar-refractivity contribution >= 4 is 0 Å². The van der Waals surface area contributed by atoms with Gasteiger partial charge in [-0.15, -0.1) is 0 Å². The fourth-order valence-electron chi connectivity index (χ4n) is 7.71. The molecule has 0 N–H and O–H groups in total. The molecule has 0 aliphatic heterocycles. The van der Waals surface area contributed by atoms with Crippen LogP contribution < -0.4 is 0 Å². The highest BCUT2D eigenvalue weighted by molar-refractivity contribution is 5.40. The van der Waals surface area contributed by atoms with Crippen LogP contribution in [0.4, 0.5) is 0 Å². The highest BCUT2D eigenvalue weighted by atomic mass is 14.2. The summed E-state index contributed by atoms with van der Waals surface area (Å²) in [5.74, 6) is 0. The van der Waals surface area contributed by atoms with Gasteiger partial charge >= 0.3 is 0 Å². The molecule has 0 aliphatic carbocycles. The van der Waals surface area contributed by atoms with Crippen molar-refractivity contribution in [3.63, 3.8) is 0 Å². The maximum Gasteiger partial charge on any atom is -0.0273 e. The van der Waals surface area contributed by atoms with E-state index in [1.807, 2.05) is 0 Å². The van der Waals surface area contributed by atoms with Gasteiger partial charge in [-0.05, 0) is 74.1 Å². The van der Waals surface area contributed by atoms with Crippen LogP contribution in [-0.2, 0) is 25.7 Å². The molecule has 0 saturated heterocycles. The maximum atomic E-state index is 4.32. The van der Waals surface area contributed by atoms with Gasteiger partial charge in [0.15, 0.2) is 0 Å². The summed E-state index contributed by atoms with van der Waals surface area (Å²) < 4.78 is 0. The van der Waals surface area contributed by atoms with Gasteiger partial charge < -0.3 is 0 Å². The molecule has 0 unspecified atom stereocenters. The summed E-state index contributed by atoms with van der Waals surface area (Å²) in [7, 11) is 0. The highest BCUT2D eigenvalue weighted by Crippen LogP contribution is 2.26. The molecular weight excluding hydrogens is 565 g/mol. The Balaban J connectivity index is 2.54. The molecule has 0 aromatic heterocycles. The molecule has 0 nitrogen and oxygen atoms in total. The van der Waals surface area contributed by atoms with Crippen LogP contribution in [0.25, 0.3) is 0 Å². The van der Waals surface area contributed by atoms with Crippen LogP contribution in [0.15, 0.2) is 12.1 Å². The molecule has 0 atom stereocenters. The largest absolute Gasteiger partial charge is 0.0654 e. The van der Waals surface area contributed by atoms with E-state index < -0.39 is 0 Å². The number of benzene rings is 1. The molecule has 0 fully saturated rings. The molecule has 0 spiro atoms. The molecular formula is C47H87. The van der Waals surface area contributed by atoms with Gasteiger partial charge in [0.05, 0.1) is 0 Å². The van der Waals surface area contributed by atoms with Crippen molar-refractivity contribution in [3.05, 3.63) is 41.3 Å². The second-order valence-corrected chi connectivity index (χ2v) is 15.5. The zero-order valence-corrected chi connectivity index (χ0v) is 33.0. The molecule has 47 heavy (non-hydrogen) atoms. The SMILES string of the molecule is [CH2]Cc1cc(CCCCCCCCCCCCC)c(CCCCCCCCCCCCC)c(CCCCCCCCCCCCC)c1. The molecule has 0 saturated carbocycles. The van der Waals surface area contributed by atoms with E-state index in [0.717, 1.165) is 6.42 Å². The Kier molecular flexibility index (Phi) is 33.0. The quantitative estimate of drug-likeness (QED) is 0.0628. The first-order chi connectivity index (χ1) is 23.3. The van der Waals surface area contributed by atoms with Crippen molar-refractivity contribution in [2.24, 2.45) is 0 Å². The van der Waals surface area contributed by atoms with E-state index >= 15 is 0 Å². The first-order valence-electron chi connectivity index (χ1n) is 22.2. The monoisotopic (exact) mass is 652 g/mol. The predicted molar refractivity (Wildman–Crippen MR) is 216 cm³/mol. The van der Waals surface area contributed by atoms with Crippen molar-refractivity contribution in [1.82, 2.24) is 0 Å². The van der Waals surface area contributed by atoms with E-state index in [4.69, 9.17) is 0 Å². The third-order valence-electron chi connectivity index (χ3n) is 10.9. The van der Waals surface area contributed by atoms with Crippen LogP contribution in [0.3, 0.4) is 0 Å². The number of hydrogen-bond donors (Lipinski definition) is 0. The Morgan fingerprint density at radius 3 is 0.809 bits per heavy atom. The van der Waals surface area contributed by atoms with E-state index in [-0.39, 0.29) is 0 Å². The van der Waals surface area contributed by atoms with Gasteiger partial charge in [0.1, 0.15) is 0 Å². The van der Waals surface area contributed by atoms with Gasteiger partial charge in [0, 0.05) is 0 Å². The summed E-state index contributed by atoms with van der Waals surface area (Å²) in [5, 5.41) is 0. The van der Waals surface area contributed by atoms with Crippen LogP contribution >= 0.6 is 0 Å². The molecule has 1 aromatic rings. The first kappa shape index (κ1) is 44.2. The Morgan fingerprint density at radius 1 is 0.319 bits per heavy atom. The summed E-state index contributed by atoms with van der Waals surface area (Å²) >= 11 is 0. The zero-order valence-electron chi connectivity index (χ0n) is 33.0. The van der Waals surface area contributed by atoms with Crippen molar-refractivity contribution in [2.45, 2.75) is 258 Å². The minimum atomic E-state index is 0.940. The standard InChI is InChI=1S/C47H87/c1-5-9-12-15-18-21-24-27-30-33-36-39-45-42-44(8-4)43-46(40-37-34-31-28-25-22-19-16-13-10-6-2)47(45)41-38-35-32-29-26-23-20-17-14-11-7-3/h42-43H,4-41H2,1-3H3. The lowest BCUT2D eigenvalue weighted by Gasteiger charge is -2.18. The highest BCUT2D eigenvalue weighted by Gasteiger charge is 2.11. The lowest BCUT2D eigenvalue weighted by Crippen LogP contribution is -2.04. The maximum absolute atomic E-state index is 4.32. The van der Waals surface area contributed by atoms with E-state index in [1.54, 1.807) is 16.7 Å². The fourth-order valence-corrected chi connectivity index (χ4v) is 7.71. The summed E-state index contributed by atoms with van der Waals surface area (Å²) in [6.45, 7) is 11.3. The Hall–Kier alpha value is -0.780. The zero-order chi connectivity index (χ0) is 33.9. The molecule has 1 rings (SSSR count). The van der Waals surface area contributed by atoms with Gasteiger partial charge in [-0.25, -0.2) is 0 Å². The van der Waals surface area contributed by atoms with Gasteiger partial charge in [-0.3, -0.25) is 0 Å². The summed E-state index contributed by atoms with van der Waals surface area (Å²) in [6, 6.07) is 5.14. The molecule has 275 valence electrons. The number of rotatable bonds is 37. The normalized spacial score (nSPS) is 11.6. The summed E-state index contributed by atoms with van der Waals surface area (Å²) in [6.07, 6.45) is 52.1. The van der Waals surface area contributed by atoms with Gasteiger partial charge in [0.25, 0.3) is 0 Å².